The number of aliphatic imine (C=N–C) groups is 1. The van der Waals surface area contributed by atoms with Gasteiger partial charge in [-0.05, 0) is 44.9 Å². The van der Waals surface area contributed by atoms with Crippen LogP contribution in [0.2, 0.25) is 0 Å². The summed E-state index contributed by atoms with van der Waals surface area (Å²) in [4.78, 5) is 4.35. The van der Waals surface area contributed by atoms with Crippen molar-refractivity contribution in [2.75, 3.05) is 20.2 Å². The number of unbranched alkanes of at least 4 members (excludes halogenated alkanes) is 2. The largest absolute Gasteiger partial charge is 0.378 e. The zero-order valence-corrected chi connectivity index (χ0v) is 17.9. The number of nitrogens with one attached hydrogen (secondary N) is 2. The molecule has 2 aliphatic rings. The predicted molar refractivity (Wildman–Crippen MR) is 113 cm³/mol. The predicted octanol–water partition coefficient (Wildman–Crippen LogP) is 4.62. The van der Waals surface area contributed by atoms with Gasteiger partial charge in [0.05, 0.1) is 6.10 Å². The molecule has 0 saturated heterocycles. The van der Waals surface area contributed by atoms with Crippen LogP contribution in [0.1, 0.15) is 83.5 Å². The van der Waals surface area contributed by atoms with Crippen molar-refractivity contribution < 1.29 is 4.74 Å². The number of ether oxygens (including phenoxy) is 1. The van der Waals surface area contributed by atoms with Crippen LogP contribution in [-0.4, -0.2) is 38.3 Å². The molecule has 0 unspecified atom stereocenters. The third-order valence-corrected chi connectivity index (χ3v) is 5.19. The van der Waals surface area contributed by atoms with Gasteiger partial charge in [-0.2, -0.15) is 0 Å². The van der Waals surface area contributed by atoms with E-state index in [1.165, 1.54) is 83.5 Å². The second-order valence-electron chi connectivity index (χ2n) is 7.17. The van der Waals surface area contributed by atoms with Crippen LogP contribution >= 0.6 is 24.0 Å². The molecule has 0 spiro atoms. The second kappa shape index (κ2) is 14.2. The second-order valence-corrected chi connectivity index (χ2v) is 7.17. The van der Waals surface area contributed by atoms with Crippen LogP contribution in [-0.2, 0) is 4.74 Å². The molecular formula is C19H38IN3O. The summed E-state index contributed by atoms with van der Waals surface area (Å²) >= 11 is 0. The molecule has 4 nitrogen and oxygen atoms in total. The Morgan fingerprint density at radius 3 is 2.25 bits per heavy atom. The maximum Gasteiger partial charge on any atom is 0.191 e. The molecule has 0 amide bonds. The highest BCUT2D eigenvalue weighted by Crippen LogP contribution is 2.20. The molecule has 0 bridgehead atoms. The summed E-state index contributed by atoms with van der Waals surface area (Å²) in [7, 11) is 1.87. The molecule has 142 valence electrons. The third kappa shape index (κ3) is 9.44. The Labute approximate surface area is 166 Å². The smallest absolute Gasteiger partial charge is 0.191 e. The van der Waals surface area contributed by atoms with Crippen LogP contribution < -0.4 is 10.6 Å². The van der Waals surface area contributed by atoms with Gasteiger partial charge in [0.1, 0.15) is 0 Å². The van der Waals surface area contributed by atoms with Crippen molar-refractivity contribution in [3.63, 3.8) is 0 Å². The minimum Gasteiger partial charge on any atom is -0.378 e. The number of hydrogen-bond acceptors (Lipinski definition) is 2. The quantitative estimate of drug-likeness (QED) is 0.245. The lowest BCUT2D eigenvalue weighted by molar-refractivity contribution is 0.0264. The highest BCUT2D eigenvalue weighted by molar-refractivity contribution is 14.0. The van der Waals surface area contributed by atoms with Gasteiger partial charge in [0.15, 0.2) is 5.96 Å². The molecule has 24 heavy (non-hydrogen) atoms. The number of nitrogens with zero attached hydrogens (tertiary/aromatic N) is 1. The normalized spacial score (nSPS) is 20.5. The lowest BCUT2D eigenvalue weighted by atomic mass is 9.96. The van der Waals surface area contributed by atoms with Gasteiger partial charge in [0.25, 0.3) is 0 Å². The minimum absolute atomic E-state index is 0. The molecule has 0 aromatic rings. The Balaban J connectivity index is 0.00000288. The number of rotatable bonds is 8. The van der Waals surface area contributed by atoms with Gasteiger partial charge < -0.3 is 15.4 Å². The summed E-state index contributed by atoms with van der Waals surface area (Å²) in [5, 5.41) is 7.02. The molecule has 2 N–H and O–H groups in total. The van der Waals surface area contributed by atoms with Crippen LogP contribution in [0.15, 0.2) is 4.99 Å². The average Bonchev–Trinajstić information content (AvgIpc) is 2.61. The van der Waals surface area contributed by atoms with Crippen molar-refractivity contribution >= 4 is 29.9 Å². The molecule has 2 rings (SSSR count). The molecule has 2 fully saturated rings. The maximum atomic E-state index is 5.98. The zero-order valence-electron chi connectivity index (χ0n) is 15.5. The number of hydrogen-bond donors (Lipinski definition) is 2. The first-order chi connectivity index (χ1) is 11.4. The van der Waals surface area contributed by atoms with Crippen molar-refractivity contribution in [2.24, 2.45) is 4.99 Å². The summed E-state index contributed by atoms with van der Waals surface area (Å²) in [6.07, 6.45) is 17.6. The van der Waals surface area contributed by atoms with Gasteiger partial charge in [0.2, 0.25) is 0 Å². The third-order valence-electron chi connectivity index (χ3n) is 5.19. The van der Waals surface area contributed by atoms with Crippen LogP contribution in [0.4, 0.5) is 0 Å². The van der Waals surface area contributed by atoms with Gasteiger partial charge in [-0.15, -0.1) is 24.0 Å². The molecule has 0 atom stereocenters. The Hall–Kier alpha value is -0.0400. The van der Waals surface area contributed by atoms with Crippen LogP contribution in [0.5, 0.6) is 0 Å². The fourth-order valence-corrected chi connectivity index (χ4v) is 3.73. The summed E-state index contributed by atoms with van der Waals surface area (Å²) in [5.41, 5.74) is 0. The highest BCUT2D eigenvalue weighted by Gasteiger charge is 2.14. The van der Waals surface area contributed by atoms with E-state index in [4.69, 9.17) is 4.74 Å². The van der Waals surface area contributed by atoms with E-state index in [9.17, 15) is 0 Å². The van der Waals surface area contributed by atoms with Crippen LogP contribution in [0.25, 0.3) is 0 Å². The maximum absolute atomic E-state index is 5.98. The Bertz CT molecular complexity index is 327. The van der Waals surface area contributed by atoms with E-state index < -0.39 is 0 Å². The van der Waals surface area contributed by atoms with E-state index in [0.29, 0.717) is 12.1 Å². The molecule has 0 aromatic heterocycles. The van der Waals surface area contributed by atoms with Gasteiger partial charge >= 0.3 is 0 Å². The van der Waals surface area contributed by atoms with E-state index in [0.717, 1.165) is 19.1 Å². The van der Waals surface area contributed by atoms with E-state index >= 15 is 0 Å². The summed E-state index contributed by atoms with van der Waals surface area (Å²) in [6.45, 7) is 1.95. The monoisotopic (exact) mass is 451 g/mol. The topological polar surface area (TPSA) is 45.7 Å². The number of halogens is 1. The molecule has 0 aliphatic heterocycles. The lowest BCUT2D eigenvalue weighted by Crippen LogP contribution is -2.44. The Morgan fingerprint density at radius 2 is 1.58 bits per heavy atom. The molecule has 0 radical (unpaired) electrons. The van der Waals surface area contributed by atoms with Crippen molar-refractivity contribution in [3.05, 3.63) is 0 Å². The standard InChI is InChI=1S/C19H37N3O.HI/c1-20-19(22-17-11-5-2-6-12-17)21-15-9-4-10-16-23-18-13-7-3-8-14-18;/h17-18H,2-16H2,1H3,(H2,20,21,22);1H. The van der Waals surface area contributed by atoms with E-state index in [-0.39, 0.29) is 24.0 Å². The zero-order chi connectivity index (χ0) is 16.2. The van der Waals surface area contributed by atoms with Gasteiger partial charge in [-0.1, -0.05) is 38.5 Å². The SMILES string of the molecule is CN=C(NCCCCCOC1CCCCC1)NC1CCCCC1.I. The molecule has 2 aliphatic carbocycles. The highest BCUT2D eigenvalue weighted by atomic mass is 127. The molecule has 2 saturated carbocycles. The first-order valence-corrected chi connectivity index (χ1v) is 9.97. The van der Waals surface area contributed by atoms with Gasteiger partial charge in [-0.3, -0.25) is 4.99 Å². The number of guanidine groups is 1. The average molecular weight is 451 g/mol. The van der Waals surface area contributed by atoms with Crippen molar-refractivity contribution in [1.82, 2.24) is 10.6 Å². The first kappa shape index (κ1) is 22.0. The van der Waals surface area contributed by atoms with Gasteiger partial charge in [-0.25, -0.2) is 0 Å². The molecule has 5 heteroatoms. The van der Waals surface area contributed by atoms with Crippen molar-refractivity contribution in [3.8, 4) is 0 Å². The van der Waals surface area contributed by atoms with E-state index in [2.05, 4.69) is 15.6 Å². The first-order valence-electron chi connectivity index (χ1n) is 9.97. The van der Waals surface area contributed by atoms with E-state index in [1.807, 2.05) is 7.05 Å². The molecule has 0 heterocycles. The summed E-state index contributed by atoms with van der Waals surface area (Å²) < 4.78 is 5.98. The molecule has 0 aromatic carbocycles. The van der Waals surface area contributed by atoms with Crippen molar-refractivity contribution in [2.45, 2.75) is 95.6 Å². The minimum atomic E-state index is 0. The molecular weight excluding hydrogens is 413 g/mol. The lowest BCUT2D eigenvalue weighted by Gasteiger charge is -2.24. The van der Waals surface area contributed by atoms with E-state index in [1.54, 1.807) is 0 Å². The van der Waals surface area contributed by atoms with Crippen LogP contribution in [0, 0.1) is 0 Å². The summed E-state index contributed by atoms with van der Waals surface area (Å²) in [6, 6.07) is 0.624. The van der Waals surface area contributed by atoms with Gasteiger partial charge in [0, 0.05) is 26.2 Å². The fourth-order valence-electron chi connectivity index (χ4n) is 3.73. The van der Waals surface area contributed by atoms with Crippen LogP contribution in [0.3, 0.4) is 0 Å². The van der Waals surface area contributed by atoms with Crippen molar-refractivity contribution in [1.29, 1.82) is 0 Å². The summed E-state index contributed by atoms with van der Waals surface area (Å²) in [5.74, 6) is 0.982. The fraction of sp³-hybridized carbons (Fsp3) is 0.947. The Kier molecular flexibility index (Phi) is 13.0. The Morgan fingerprint density at radius 1 is 0.917 bits per heavy atom.